The number of anilines is 2. The second-order valence-electron chi connectivity index (χ2n) is 6.84. The first-order chi connectivity index (χ1) is 13.4. The molecule has 0 saturated carbocycles. The van der Waals surface area contributed by atoms with Crippen LogP contribution in [0.3, 0.4) is 0 Å². The summed E-state index contributed by atoms with van der Waals surface area (Å²) in [5, 5.41) is 2.86. The highest BCUT2D eigenvalue weighted by molar-refractivity contribution is 5.91. The minimum absolute atomic E-state index is 0.0691. The molecule has 0 radical (unpaired) electrons. The van der Waals surface area contributed by atoms with Crippen LogP contribution in [0.5, 0.6) is 0 Å². The number of nitrogens with two attached hydrogens (primary N) is 1. The molecule has 3 N–H and O–H groups in total. The molecular weight excluding hydrogens is 358 g/mol. The van der Waals surface area contributed by atoms with Gasteiger partial charge in [-0.25, -0.2) is 9.97 Å². The highest BCUT2D eigenvalue weighted by Crippen LogP contribution is 2.18. The summed E-state index contributed by atoms with van der Waals surface area (Å²) in [6.07, 6.45) is 0.353. The Labute approximate surface area is 164 Å². The number of rotatable bonds is 5. The Hall–Kier alpha value is -3.00. The first-order valence-electron chi connectivity index (χ1n) is 9.25. The molecule has 1 atom stereocenters. The van der Waals surface area contributed by atoms with Gasteiger partial charge in [0.2, 0.25) is 17.8 Å². The number of carbonyl (C=O) groups is 2. The predicted molar refractivity (Wildman–Crippen MR) is 106 cm³/mol. The van der Waals surface area contributed by atoms with Crippen LogP contribution in [0.15, 0.2) is 30.3 Å². The molecule has 1 fully saturated rings. The molecule has 8 nitrogen and oxygen atoms in total. The van der Waals surface area contributed by atoms with Crippen LogP contribution in [0.25, 0.3) is 0 Å². The molecule has 3 rings (SSSR count). The van der Waals surface area contributed by atoms with E-state index in [-0.39, 0.29) is 36.6 Å². The second-order valence-corrected chi connectivity index (χ2v) is 6.84. The number of benzene rings is 1. The van der Waals surface area contributed by atoms with Crippen LogP contribution < -0.4 is 11.1 Å². The maximum Gasteiger partial charge on any atom is 0.227 e. The quantitative estimate of drug-likeness (QED) is 0.809. The third kappa shape index (κ3) is 4.83. The van der Waals surface area contributed by atoms with Gasteiger partial charge in [-0.05, 0) is 26.0 Å². The molecule has 8 heteroatoms. The minimum Gasteiger partial charge on any atom is -0.377 e. The van der Waals surface area contributed by atoms with Crippen LogP contribution in [0.1, 0.15) is 23.4 Å². The molecule has 2 heterocycles. The molecule has 148 valence electrons. The van der Waals surface area contributed by atoms with E-state index >= 15 is 0 Å². The van der Waals surface area contributed by atoms with E-state index in [9.17, 15) is 9.59 Å². The number of aromatic nitrogens is 2. The van der Waals surface area contributed by atoms with E-state index in [0.717, 1.165) is 11.3 Å². The number of nitrogen functional groups attached to an aromatic ring is 1. The summed E-state index contributed by atoms with van der Waals surface area (Å²) in [6, 6.07) is 8.94. The third-order valence-electron chi connectivity index (χ3n) is 4.79. The highest BCUT2D eigenvalue weighted by atomic mass is 16.5. The summed E-state index contributed by atoms with van der Waals surface area (Å²) in [5.41, 5.74) is 8.57. The van der Waals surface area contributed by atoms with Gasteiger partial charge in [0.15, 0.2) is 0 Å². The summed E-state index contributed by atoms with van der Waals surface area (Å²) in [5.74, 6) is -0.0175. The standard InChI is InChI=1S/C20H25N5O3/c1-13-17(14(2)23-20(21)22-13)11-19(27)25-8-9-28-12-16(25)10-18(26)24-15-6-4-3-5-7-15/h3-7,16H,8-12H2,1-2H3,(H,24,26)(H2,21,22,23)/t16-/m1/s1. The summed E-state index contributed by atoms with van der Waals surface area (Å²) in [6.45, 7) is 4.88. The Balaban J connectivity index is 1.67. The van der Waals surface area contributed by atoms with Crippen molar-refractivity contribution in [1.82, 2.24) is 14.9 Å². The number of hydrogen-bond acceptors (Lipinski definition) is 6. The largest absolute Gasteiger partial charge is 0.377 e. The maximum atomic E-state index is 13.0. The van der Waals surface area contributed by atoms with Crippen molar-refractivity contribution in [2.75, 3.05) is 30.8 Å². The number of nitrogens with one attached hydrogen (secondary N) is 1. The molecule has 1 saturated heterocycles. The van der Waals surface area contributed by atoms with Crippen molar-refractivity contribution in [3.8, 4) is 0 Å². The molecule has 0 bridgehead atoms. The van der Waals surface area contributed by atoms with Gasteiger partial charge in [-0.2, -0.15) is 0 Å². The van der Waals surface area contributed by atoms with Crippen LogP contribution in [0.4, 0.5) is 11.6 Å². The normalized spacial score (nSPS) is 16.6. The third-order valence-corrected chi connectivity index (χ3v) is 4.79. The molecular formula is C20H25N5O3. The molecule has 2 aromatic rings. The van der Waals surface area contributed by atoms with Crippen molar-refractivity contribution < 1.29 is 14.3 Å². The Morgan fingerprint density at radius 2 is 1.89 bits per heavy atom. The Morgan fingerprint density at radius 3 is 2.57 bits per heavy atom. The smallest absolute Gasteiger partial charge is 0.227 e. The number of para-hydroxylation sites is 1. The minimum atomic E-state index is -0.305. The molecule has 28 heavy (non-hydrogen) atoms. The zero-order valence-corrected chi connectivity index (χ0v) is 16.1. The Morgan fingerprint density at radius 1 is 1.21 bits per heavy atom. The van der Waals surface area contributed by atoms with Crippen LogP contribution in [-0.4, -0.2) is 52.5 Å². The zero-order chi connectivity index (χ0) is 20.1. The monoisotopic (exact) mass is 383 g/mol. The number of nitrogens with zero attached hydrogens (tertiary/aromatic N) is 3. The van der Waals surface area contributed by atoms with E-state index in [1.807, 2.05) is 44.2 Å². The molecule has 1 aromatic carbocycles. The first kappa shape index (κ1) is 19.8. The van der Waals surface area contributed by atoms with E-state index < -0.39 is 0 Å². The van der Waals surface area contributed by atoms with Crippen molar-refractivity contribution in [3.05, 3.63) is 47.3 Å². The molecule has 1 aromatic heterocycles. The molecule has 0 aliphatic carbocycles. The van der Waals surface area contributed by atoms with Gasteiger partial charge in [0.1, 0.15) is 0 Å². The van der Waals surface area contributed by atoms with E-state index in [4.69, 9.17) is 10.5 Å². The lowest BCUT2D eigenvalue weighted by Gasteiger charge is -2.35. The van der Waals surface area contributed by atoms with Crippen LogP contribution in [0.2, 0.25) is 0 Å². The summed E-state index contributed by atoms with van der Waals surface area (Å²) >= 11 is 0. The zero-order valence-electron chi connectivity index (χ0n) is 16.1. The van der Waals surface area contributed by atoms with Crippen molar-refractivity contribution in [2.45, 2.75) is 32.7 Å². The number of hydrogen-bond donors (Lipinski definition) is 2. The Kier molecular flexibility index (Phi) is 6.20. The van der Waals surface area contributed by atoms with Gasteiger partial charge in [-0.3, -0.25) is 9.59 Å². The number of carbonyl (C=O) groups excluding carboxylic acids is 2. The van der Waals surface area contributed by atoms with Gasteiger partial charge in [-0.15, -0.1) is 0 Å². The number of ether oxygens (including phenoxy) is 1. The van der Waals surface area contributed by atoms with Gasteiger partial charge in [-0.1, -0.05) is 18.2 Å². The van der Waals surface area contributed by atoms with Gasteiger partial charge in [0.25, 0.3) is 0 Å². The number of amides is 2. The summed E-state index contributed by atoms with van der Waals surface area (Å²) in [7, 11) is 0. The van der Waals surface area contributed by atoms with Gasteiger partial charge in [0.05, 0.1) is 25.7 Å². The van der Waals surface area contributed by atoms with Crippen LogP contribution >= 0.6 is 0 Å². The molecule has 2 amide bonds. The van der Waals surface area contributed by atoms with E-state index in [2.05, 4.69) is 15.3 Å². The van der Waals surface area contributed by atoms with E-state index in [1.165, 1.54) is 0 Å². The number of morpholine rings is 1. The van der Waals surface area contributed by atoms with Gasteiger partial charge < -0.3 is 20.7 Å². The number of aryl methyl sites for hydroxylation is 2. The predicted octanol–water partition coefficient (Wildman–Crippen LogP) is 1.47. The highest BCUT2D eigenvalue weighted by Gasteiger charge is 2.30. The average Bonchev–Trinajstić information content (AvgIpc) is 2.65. The SMILES string of the molecule is Cc1nc(N)nc(C)c1CC(=O)N1CCOC[C@H]1CC(=O)Nc1ccccc1. The van der Waals surface area contributed by atoms with Gasteiger partial charge in [0, 0.05) is 35.6 Å². The fourth-order valence-corrected chi connectivity index (χ4v) is 3.37. The molecule has 0 spiro atoms. The average molecular weight is 383 g/mol. The lowest BCUT2D eigenvalue weighted by atomic mass is 10.1. The lowest BCUT2D eigenvalue weighted by molar-refractivity contribution is -0.140. The summed E-state index contributed by atoms with van der Waals surface area (Å²) < 4.78 is 5.51. The van der Waals surface area contributed by atoms with Crippen LogP contribution in [-0.2, 0) is 20.7 Å². The van der Waals surface area contributed by atoms with E-state index in [0.29, 0.717) is 31.1 Å². The van der Waals surface area contributed by atoms with Crippen molar-refractivity contribution in [2.24, 2.45) is 0 Å². The Bertz CT molecular complexity index is 833. The molecule has 1 aliphatic rings. The second kappa shape index (κ2) is 8.79. The topological polar surface area (TPSA) is 110 Å². The summed E-state index contributed by atoms with van der Waals surface area (Å²) in [4.78, 5) is 35.4. The van der Waals surface area contributed by atoms with Crippen molar-refractivity contribution in [3.63, 3.8) is 0 Å². The lowest BCUT2D eigenvalue weighted by Crippen LogP contribution is -2.50. The molecule has 1 aliphatic heterocycles. The molecule has 0 unspecified atom stereocenters. The van der Waals surface area contributed by atoms with E-state index in [1.54, 1.807) is 4.90 Å². The fourth-order valence-electron chi connectivity index (χ4n) is 3.37. The van der Waals surface area contributed by atoms with Crippen LogP contribution in [0, 0.1) is 13.8 Å². The maximum absolute atomic E-state index is 13.0. The first-order valence-corrected chi connectivity index (χ1v) is 9.25. The fraction of sp³-hybridized carbons (Fsp3) is 0.400. The van der Waals surface area contributed by atoms with Crippen molar-refractivity contribution >= 4 is 23.5 Å². The van der Waals surface area contributed by atoms with Gasteiger partial charge >= 0.3 is 0 Å². The van der Waals surface area contributed by atoms with Crippen molar-refractivity contribution in [1.29, 1.82) is 0 Å².